The molecule has 0 amide bonds. The Morgan fingerprint density at radius 3 is 2.82 bits per heavy atom. The molecular weight excluding hydrogens is 225 g/mol. The SMILES string of the molecule is O=C(O)C(COc1ccccc1F)NC1CC1. The van der Waals surface area contributed by atoms with E-state index in [1.165, 1.54) is 12.1 Å². The van der Waals surface area contributed by atoms with Crippen LogP contribution in [0.3, 0.4) is 0 Å². The Kier molecular flexibility index (Phi) is 3.58. The van der Waals surface area contributed by atoms with Gasteiger partial charge in [0.05, 0.1) is 0 Å². The van der Waals surface area contributed by atoms with Gasteiger partial charge in [0.2, 0.25) is 0 Å². The van der Waals surface area contributed by atoms with E-state index in [0.29, 0.717) is 0 Å². The quantitative estimate of drug-likeness (QED) is 0.788. The summed E-state index contributed by atoms with van der Waals surface area (Å²) in [7, 11) is 0. The van der Waals surface area contributed by atoms with Crippen molar-refractivity contribution in [2.45, 2.75) is 24.9 Å². The van der Waals surface area contributed by atoms with Gasteiger partial charge in [-0.25, -0.2) is 4.39 Å². The molecule has 1 aromatic carbocycles. The van der Waals surface area contributed by atoms with Gasteiger partial charge in [0.25, 0.3) is 0 Å². The van der Waals surface area contributed by atoms with Crippen molar-refractivity contribution in [2.24, 2.45) is 0 Å². The zero-order chi connectivity index (χ0) is 12.3. The summed E-state index contributed by atoms with van der Waals surface area (Å²) in [5.41, 5.74) is 0. The van der Waals surface area contributed by atoms with Crippen molar-refractivity contribution in [1.82, 2.24) is 5.32 Å². The third-order valence-electron chi connectivity index (χ3n) is 2.55. The van der Waals surface area contributed by atoms with Gasteiger partial charge in [-0.3, -0.25) is 10.1 Å². The molecule has 0 radical (unpaired) electrons. The average Bonchev–Trinajstić information content (AvgIpc) is 3.09. The minimum Gasteiger partial charge on any atom is -0.488 e. The molecule has 1 atom stereocenters. The number of halogens is 1. The Bertz CT molecular complexity index is 406. The molecule has 4 nitrogen and oxygen atoms in total. The summed E-state index contributed by atoms with van der Waals surface area (Å²) in [4.78, 5) is 10.9. The fraction of sp³-hybridized carbons (Fsp3) is 0.417. The van der Waals surface area contributed by atoms with E-state index in [1.807, 2.05) is 0 Å². The molecule has 0 aromatic heterocycles. The van der Waals surface area contributed by atoms with E-state index < -0.39 is 17.8 Å². The summed E-state index contributed by atoms with van der Waals surface area (Å²) >= 11 is 0. The van der Waals surface area contributed by atoms with Crippen molar-refractivity contribution in [2.75, 3.05) is 6.61 Å². The predicted octanol–water partition coefficient (Wildman–Crippen LogP) is 1.41. The van der Waals surface area contributed by atoms with E-state index in [2.05, 4.69) is 5.32 Å². The van der Waals surface area contributed by atoms with Crippen LogP contribution in [0.2, 0.25) is 0 Å². The summed E-state index contributed by atoms with van der Waals surface area (Å²) in [6.07, 6.45) is 1.98. The zero-order valence-corrected chi connectivity index (χ0v) is 9.23. The molecule has 1 saturated carbocycles. The highest BCUT2D eigenvalue weighted by molar-refractivity contribution is 5.73. The molecule has 17 heavy (non-hydrogen) atoms. The van der Waals surface area contributed by atoms with Crippen LogP contribution in [0.1, 0.15) is 12.8 Å². The molecule has 1 fully saturated rings. The number of carbonyl (C=O) groups is 1. The average molecular weight is 239 g/mol. The maximum absolute atomic E-state index is 13.2. The molecule has 0 aliphatic heterocycles. The van der Waals surface area contributed by atoms with Crippen LogP contribution in [0.5, 0.6) is 5.75 Å². The first kappa shape index (κ1) is 11.9. The summed E-state index contributed by atoms with van der Waals surface area (Å²) in [6, 6.07) is 5.43. The predicted molar refractivity (Wildman–Crippen MR) is 59.5 cm³/mol. The number of carboxylic acid groups (broad SMARTS) is 1. The van der Waals surface area contributed by atoms with Crippen LogP contribution < -0.4 is 10.1 Å². The van der Waals surface area contributed by atoms with E-state index in [4.69, 9.17) is 9.84 Å². The van der Waals surface area contributed by atoms with Crippen LogP contribution >= 0.6 is 0 Å². The minimum absolute atomic E-state index is 0.0766. The fourth-order valence-electron chi connectivity index (χ4n) is 1.46. The van der Waals surface area contributed by atoms with Crippen LogP contribution in [0.25, 0.3) is 0 Å². The lowest BCUT2D eigenvalue weighted by molar-refractivity contribution is -0.140. The van der Waals surface area contributed by atoms with E-state index in [0.717, 1.165) is 12.8 Å². The summed E-state index contributed by atoms with van der Waals surface area (Å²) < 4.78 is 18.4. The molecule has 0 spiro atoms. The van der Waals surface area contributed by atoms with Crippen LogP contribution in [-0.4, -0.2) is 29.8 Å². The maximum atomic E-state index is 13.2. The smallest absolute Gasteiger partial charge is 0.324 e. The van der Waals surface area contributed by atoms with Crippen molar-refractivity contribution in [3.63, 3.8) is 0 Å². The number of ether oxygens (including phenoxy) is 1. The van der Waals surface area contributed by atoms with Crippen LogP contribution in [0, 0.1) is 5.82 Å². The first-order valence-electron chi connectivity index (χ1n) is 5.53. The van der Waals surface area contributed by atoms with Crippen molar-refractivity contribution in [3.05, 3.63) is 30.1 Å². The molecule has 5 heteroatoms. The van der Waals surface area contributed by atoms with Gasteiger partial charge in [0.1, 0.15) is 12.6 Å². The van der Waals surface area contributed by atoms with Crippen LogP contribution in [-0.2, 0) is 4.79 Å². The molecule has 1 unspecified atom stereocenters. The first-order chi connectivity index (χ1) is 8.16. The summed E-state index contributed by atoms with van der Waals surface area (Å²) in [5.74, 6) is -1.38. The Labute approximate surface area is 98.4 Å². The normalized spacial score (nSPS) is 16.5. The molecule has 0 heterocycles. The zero-order valence-electron chi connectivity index (χ0n) is 9.23. The molecule has 1 aliphatic carbocycles. The van der Waals surface area contributed by atoms with Crippen molar-refractivity contribution in [3.8, 4) is 5.75 Å². The number of hydrogen-bond acceptors (Lipinski definition) is 3. The monoisotopic (exact) mass is 239 g/mol. The number of rotatable bonds is 6. The topological polar surface area (TPSA) is 58.6 Å². The van der Waals surface area contributed by atoms with Gasteiger partial charge in [-0.2, -0.15) is 0 Å². The van der Waals surface area contributed by atoms with Crippen molar-refractivity contribution < 1.29 is 19.0 Å². The Morgan fingerprint density at radius 1 is 1.53 bits per heavy atom. The van der Waals surface area contributed by atoms with Crippen molar-refractivity contribution in [1.29, 1.82) is 0 Å². The number of aliphatic carboxylic acids is 1. The largest absolute Gasteiger partial charge is 0.488 e. The third kappa shape index (κ3) is 3.42. The molecule has 1 aromatic rings. The van der Waals surface area contributed by atoms with Gasteiger partial charge >= 0.3 is 5.97 Å². The van der Waals surface area contributed by atoms with E-state index in [-0.39, 0.29) is 18.4 Å². The van der Waals surface area contributed by atoms with Gasteiger partial charge < -0.3 is 9.84 Å². The fourth-order valence-corrected chi connectivity index (χ4v) is 1.46. The second-order valence-corrected chi connectivity index (χ2v) is 4.07. The number of para-hydroxylation sites is 1. The highest BCUT2D eigenvalue weighted by Gasteiger charge is 2.28. The molecule has 92 valence electrons. The number of hydrogen-bond donors (Lipinski definition) is 2. The lowest BCUT2D eigenvalue weighted by Gasteiger charge is -2.15. The molecule has 2 rings (SSSR count). The first-order valence-corrected chi connectivity index (χ1v) is 5.53. The van der Waals surface area contributed by atoms with Crippen LogP contribution in [0.4, 0.5) is 4.39 Å². The molecule has 0 saturated heterocycles. The molecule has 2 N–H and O–H groups in total. The van der Waals surface area contributed by atoms with E-state index >= 15 is 0 Å². The summed E-state index contributed by atoms with van der Waals surface area (Å²) in [5, 5.41) is 11.9. The molecule has 1 aliphatic rings. The second kappa shape index (κ2) is 5.14. The maximum Gasteiger partial charge on any atom is 0.324 e. The minimum atomic E-state index is -0.978. The Morgan fingerprint density at radius 2 is 2.24 bits per heavy atom. The molecule has 0 bridgehead atoms. The third-order valence-corrected chi connectivity index (χ3v) is 2.55. The van der Waals surface area contributed by atoms with Gasteiger partial charge in [0.15, 0.2) is 11.6 Å². The summed E-state index contributed by atoms with van der Waals surface area (Å²) in [6.45, 7) is -0.0766. The van der Waals surface area contributed by atoms with E-state index in [9.17, 15) is 9.18 Å². The van der Waals surface area contributed by atoms with Gasteiger partial charge in [-0.1, -0.05) is 12.1 Å². The van der Waals surface area contributed by atoms with Crippen LogP contribution in [0.15, 0.2) is 24.3 Å². The molecular formula is C12H14FNO3. The van der Waals surface area contributed by atoms with Gasteiger partial charge in [0, 0.05) is 6.04 Å². The second-order valence-electron chi connectivity index (χ2n) is 4.07. The van der Waals surface area contributed by atoms with Gasteiger partial charge in [-0.05, 0) is 25.0 Å². The Hall–Kier alpha value is -1.62. The highest BCUT2D eigenvalue weighted by atomic mass is 19.1. The standard InChI is InChI=1S/C12H14FNO3/c13-9-3-1-2-4-11(9)17-7-10(12(15)16)14-8-5-6-8/h1-4,8,10,14H,5-7H2,(H,15,16). The lowest BCUT2D eigenvalue weighted by atomic mass is 10.3. The highest BCUT2D eigenvalue weighted by Crippen LogP contribution is 2.20. The number of nitrogens with one attached hydrogen (secondary N) is 1. The number of benzene rings is 1. The van der Waals surface area contributed by atoms with E-state index in [1.54, 1.807) is 12.1 Å². The lowest BCUT2D eigenvalue weighted by Crippen LogP contribution is -2.42. The Balaban J connectivity index is 1.90. The van der Waals surface area contributed by atoms with Crippen molar-refractivity contribution >= 4 is 5.97 Å². The van der Waals surface area contributed by atoms with Gasteiger partial charge in [-0.15, -0.1) is 0 Å². The number of carboxylic acids is 1.